The SMILES string of the molecule is COc1ccc2c3c(cc(Br)c2c1)-c1cc(F)c(OC)cc1CO3. The van der Waals surface area contributed by atoms with Gasteiger partial charge in [0.2, 0.25) is 0 Å². The Kier molecular flexibility index (Phi) is 3.61. The number of benzene rings is 3. The van der Waals surface area contributed by atoms with E-state index in [2.05, 4.69) is 15.9 Å². The predicted molar refractivity (Wildman–Crippen MR) is 94.5 cm³/mol. The monoisotopic (exact) mass is 388 g/mol. The predicted octanol–water partition coefficient (Wildman–Crippen LogP) is 5.32. The number of rotatable bonds is 2. The van der Waals surface area contributed by atoms with Crippen LogP contribution in [0.1, 0.15) is 5.56 Å². The first-order valence-corrected chi connectivity index (χ1v) is 8.21. The van der Waals surface area contributed by atoms with Crippen LogP contribution in [0.25, 0.3) is 21.9 Å². The molecule has 122 valence electrons. The maximum atomic E-state index is 14.2. The van der Waals surface area contributed by atoms with Crippen molar-refractivity contribution in [3.8, 4) is 28.4 Å². The second-order valence-electron chi connectivity index (χ2n) is 5.58. The Morgan fingerprint density at radius 1 is 1.00 bits per heavy atom. The van der Waals surface area contributed by atoms with E-state index in [0.29, 0.717) is 6.61 Å². The second kappa shape index (κ2) is 5.67. The number of fused-ring (bicyclic) bond motifs is 5. The highest BCUT2D eigenvalue weighted by molar-refractivity contribution is 9.10. The van der Waals surface area contributed by atoms with Gasteiger partial charge in [0, 0.05) is 26.4 Å². The van der Waals surface area contributed by atoms with Crippen molar-refractivity contribution in [3.05, 3.63) is 52.3 Å². The maximum absolute atomic E-state index is 14.2. The van der Waals surface area contributed by atoms with Crippen LogP contribution < -0.4 is 14.2 Å². The van der Waals surface area contributed by atoms with Gasteiger partial charge in [-0.1, -0.05) is 15.9 Å². The van der Waals surface area contributed by atoms with E-state index >= 15 is 0 Å². The molecule has 3 aromatic rings. The van der Waals surface area contributed by atoms with E-state index in [4.69, 9.17) is 14.2 Å². The Labute approximate surface area is 147 Å². The fraction of sp³-hybridized carbons (Fsp3) is 0.158. The fourth-order valence-electron chi connectivity index (χ4n) is 3.09. The summed E-state index contributed by atoms with van der Waals surface area (Å²) < 4.78 is 31.4. The smallest absolute Gasteiger partial charge is 0.165 e. The lowest BCUT2D eigenvalue weighted by molar-refractivity contribution is 0.304. The minimum atomic E-state index is -0.380. The van der Waals surface area contributed by atoms with E-state index in [9.17, 15) is 4.39 Å². The Bertz CT molecular complexity index is 969. The zero-order valence-electron chi connectivity index (χ0n) is 13.2. The largest absolute Gasteiger partial charge is 0.497 e. The summed E-state index contributed by atoms with van der Waals surface area (Å²) in [7, 11) is 3.09. The molecule has 0 amide bonds. The van der Waals surface area contributed by atoms with Gasteiger partial charge in [0.05, 0.1) is 14.2 Å². The normalized spacial score (nSPS) is 12.3. The first kappa shape index (κ1) is 15.3. The molecule has 0 aliphatic carbocycles. The number of hydrogen-bond donors (Lipinski definition) is 0. The van der Waals surface area contributed by atoms with Gasteiger partial charge in [0.25, 0.3) is 0 Å². The standard InChI is InChI=1S/C19H14BrFO3/c1-22-11-3-4-12-14(6-11)16(20)7-15-13-8-17(21)18(23-2)5-10(13)9-24-19(12)15/h3-8H,9H2,1-2H3. The molecule has 0 atom stereocenters. The van der Waals surface area contributed by atoms with Crippen LogP contribution in [0.3, 0.4) is 0 Å². The summed E-state index contributed by atoms with van der Waals surface area (Å²) in [5.74, 6) is 1.38. The molecule has 4 rings (SSSR count). The van der Waals surface area contributed by atoms with Crippen LogP contribution in [0.5, 0.6) is 17.2 Å². The number of hydrogen-bond acceptors (Lipinski definition) is 3. The molecule has 1 aliphatic rings. The molecule has 1 aliphatic heterocycles. The highest BCUT2D eigenvalue weighted by atomic mass is 79.9. The van der Waals surface area contributed by atoms with Crippen LogP contribution in [0.2, 0.25) is 0 Å². The van der Waals surface area contributed by atoms with Crippen molar-refractivity contribution in [3.63, 3.8) is 0 Å². The summed E-state index contributed by atoms with van der Waals surface area (Å²) in [5, 5.41) is 1.95. The zero-order valence-corrected chi connectivity index (χ0v) is 14.7. The van der Waals surface area contributed by atoms with E-state index < -0.39 is 0 Å². The molecule has 3 nitrogen and oxygen atoms in total. The van der Waals surface area contributed by atoms with Crippen molar-refractivity contribution >= 4 is 26.7 Å². The van der Waals surface area contributed by atoms with E-state index in [1.165, 1.54) is 13.2 Å². The molecule has 3 aromatic carbocycles. The molecule has 0 N–H and O–H groups in total. The number of halogens is 2. The maximum Gasteiger partial charge on any atom is 0.165 e. The van der Waals surface area contributed by atoms with E-state index in [1.807, 2.05) is 24.3 Å². The Morgan fingerprint density at radius 3 is 2.58 bits per heavy atom. The van der Waals surface area contributed by atoms with Crippen LogP contribution in [0.15, 0.2) is 40.9 Å². The molecular formula is C19H14BrFO3. The molecule has 0 radical (unpaired) electrons. The summed E-state index contributed by atoms with van der Waals surface area (Å²) in [6.07, 6.45) is 0. The van der Waals surface area contributed by atoms with Crippen LogP contribution in [0, 0.1) is 5.82 Å². The molecule has 0 aromatic heterocycles. The molecule has 0 fully saturated rings. The van der Waals surface area contributed by atoms with Crippen LogP contribution in [-0.2, 0) is 6.61 Å². The van der Waals surface area contributed by atoms with E-state index in [0.717, 1.165) is 43.4 Å². The van der Waals surface area contributed by atoms with Gasteiger partial charge in [0.15, 0.2) is 11.6 Å². The molecule has 24 heavy (non-hydrogen) atoms. The third kappa shape index (κ3) is 2.23. The van der Waals surface area contributed by atoms with Crippen LogP contribution >= 0.6 is 15.9 Å². The Balaban J connectivity index is 2.00. The van der Waals surface area contributed by atoms with Crippen molar-refractivity contribution < 1.29 is 18.6 Å². The summed E-state index contributed by atoms with van der Waals surface area (Å²) in [4.78, 5) is 0. The quantitative estimate of drug-likeness (QED) is 0.594. The molecule has 0 saturated heterocycles. The number of methoxy groups -OCH3 is 2. The molecule has 1 heterocycles. The summed E-state index contributed by atoms with van der Waals surface area (Å²) in [6.45, 7) is 0.377. The average molecular weight is 389 g/mol. The van der Waals surface area contributed by atoms with Gasteiger partial charge >= 0.3 is 0 Å². The van der Waals surface area contributed by atoms with Crippen molar-refractivity contribution in [1.82, 2.24) is 0 Å². The first-order chi connectivity index (χ1) is 11.6. The van der Waals surface area contributed by atoms with Crippen LogP contribution in [-0.4, -0.2) is 14.2 Å². The molecule has 0 spiro atoms. The molecule has 0 saturated carbocycles. The van der Waals surface area contributed by atoms with Gasteiger partial charge in [-0.15, -0.1) is 0 Å². The topological polar surface area (TPSA) is 27.7 Å². The average Bonchev–Trinajstić information content (AvgIpc) is 2.61. The highest BCUT2D eigenvalue weighted by Crippen LogP contribution is 2.46. The van der Waals surface area contributed by atoms with Crippen molar-refractivity contribution in [2.75, 3.05) is 14.2 Å². The van der Waals surface area contributed by atoms with Gasteiger partial charge in [-0.2, -0.15) is 0 Å². The number of ether oxygens (including phenoxy) is 3. The van der Waals surface area contributed by atoms with Gasteiger partial charge in [-0.05, 0) is 42.0 Å². The fourth-order valence-corrected chi connectivity index (χ4v) is 3.65. The first-order valence-electron chi connectivity index (χ1n) is 7.42. The highest BCUT2D eigenvalue weighted by Gasteiger charge is 2.23. The van der Waals surface area contributed by atoms with Crippen LogP contribution in [0.4, 0.5) is 4.39 Å². The summed E-state index contributed by atoms with van der Waals surface area (Å²) >= 11 is 3.61. The molecule has 5 heteroatoms. The molecule has 0 bridgehead atoms. The zero-order chi connectivity index (χ0) is 16.8. The van der Waals surface area contributed by atoms with Crippen molar-refractivity contribution in [1.29, 1.82) is 0 Å². The van der Waals surface area contributed by atoms with E-state index in [-0.39, 0.29) is 11.6 Å². The van der Waals surface area contributed by atoms with Crippen molar-refractivity contribution in [2.45, 2.75) is 6.61 Å². The second-order valence-corrected chi connectivity index (χ2v) is 6.43. The van der Waals surface area contributed by atoms with Gasteiger partial charge < -0.3 is 14.2 Å². The molecular weight excluding hydrogens is 375 g/mol. The lowest BCUT2D eigenvalue weighted by Crippen LogP contribution is -2.07. The van der Waals surface area contributed by atoms with Gasteiger partial charge in [-0.25, -0.2) is 4.39 Å². The third-order valence-electron chi connectivity index (χ3n) is 4.28. The Hall–Kier alpha value is -2.27. The van der Waals surface area contributed by atoms with Crippen molar-refractivity contribution in [2.24, 2.45) is 0 Å². The lowest BCUT2D eigenvalue weighted by Gasteiger charge is -2.24. The minimum absolute atomic E-state index is 0.227. The summed E-state index contributed by atoms with van der Waals surface area (Å²) in [5.41, 5.74) is 2.59. The lowest BCUT2D eigenvalue weighted by atomic mass is 9.93. The molecule has 0 unspecified atom stereocenters. The third-order valence-corrected chi connectivity index (χ3v) is 4.94. The minimum Gasteiger partial charge on any atom is -0.497 e. The van der Waals surface area contributed by atoms with E-state index in [1.54, 1.807) is 13.2 Å². The van der Waals surface area contributed by atoms with Gasteiger partial charge in [-0.3, -0.25) is 0 Å². The Morgan fingerprint density at radius 2 is 1.83 bits per heavy atom. The van der Waals surface area contributed by atoms with Gasteiger partial charge in [0.1, 0.15) is 18.1 Å². The summed E-state index contributed by atoms with van der Waals surface area (Å²) in [6, 6.07) is 11.0.